The number of nitrogens with one attached hydrogen (secondary N) is 1. The Morgan fingerprint density at radius 2 is 2.03 bits per heavy atom. The van der Waals surface area contributed by atoms with Crippen molar-refractivity contribution in [3.63, 3.8) is 0 Å². The largest absolute Gasteiger partial charge is 0.354 e. The number of amides is 1. The van der Waals surface area contributed by atoms with Gasteiger partial charge in [0.15, 0.2) is 0 Å². The summed E-state index contributed by atoms with van der Waals surface area (Å²) >= 11 is 6.29. The van der Waals surface area contributed by atoms with Crippen molar-refractivity contribution in [2.75, 3.05) is 6.54 Å². The molecule has 0 saturated carbocycles. The SMILES string of the molecule is O=C(Cn1c2ccc(F)cc2c2ncn(Cc3ccccc3Cl)c(=O)c21)NCCC1=CCCCC1. The van der Waals surface area contributed by atoms with E-state index in [0.717, 1.165) is 24.8 Å². The maximum Gasteiger partial charge on any atom is 0.278 e. The number of nitrogens with zero attached hydrogens (tertiary/aromatic N) is 3. The number of carbonyl (C=O) groups excluding carboxylic acids is 1. The summed E-state index contributed by atoms with van der Waals surface area (Å²) in [5.41, 5.74) is 3.08. The summed E-state index contributed by atoms with van der Waals surface area (Å²) in [5.74, 6) is -0.630. The van der Waals surface area contributed by atoms with Crippen LogP contribution in [0.3, 0.4) is 0 Å². The van der Waals surface area contributed by atoms with Crippen molar-refractivity contribution in [1.82, 2.24) is 19.4 Å². The molecule has 6 nitrogen and oxygen atoms in total. The van der Waals surface area contributed by atoms with Gasteiger partial charge in [0.25, 0.3) is 5.56 Å². The molecular weight excluding hydrogens is 467 g/mol. The Morgan fingerprint density at radius 3 is 2.83 bits per heavy atom. The highest BCUT2D eigenvalue weighted by atomic mass is 35.5. The van der Waals surface area contributed by atoms with Crippen LogP contribution in [0, 0.1) is 5.82 Å². The van der Waals surface area contributed by atoms with Gasteiger partial charge in [0.2, 0.25) is 5.91 Å². The first-order valence-corrected chi connectivity index (χ1v) is 12.2. The van der Waals surface area contributed by atoms with E-state index >= 15 is 0 Å². The van der Waals surface area contributed by atoms with Crippen LogP contribution >= 0.6 is 11.6 Å². The summed E-state index contributed by atoms with van der Waals surface area (Å²) in [4.78, 5) is 30.9. The minimum Gasteiger partial charge on any atom is -0.354 e. The summed E-state index contributed by atoms with van der Waals surface area (Å²) in [6, 6.07) is 11.6. The van der Waals surface area contributed by atoms with Crippen LogP contribution in [0.25, 0.3) is 21.9 Å². The molecule has 2 heterocycles. The van der Waals surface area contributed by atoms with Crippen LogP contribution in [0.2, 0.25) is 5.02 Å². The van der Waals surface area contributed by atoms with Crippen molar-refractivity contribution in [1.29, 1.82) is 0 Å². The second kappa shape index (κ2) is 10.0. The lowest BCUT2D eigenvalue weighted by molar-refractivity contribution is -0.121. The molecule has 0 atom stereocenters. The predicted octanol–water partition coefficient (Wildman–Crippen LogP) is 5.20. The van der Waals surface area contributed by atoms with Gasteiger partial charge in [-0.2, -0.15) is 0 Å². The number of carbonyl (C=O) groups is 1. The van der Waals surface area contributed by atoms with Crippen LogP contribution in [0.5, 0.6) is 0 Å². The number of halogens is 2. The number of aromatic nitrogens is 3. The molecule has 0 saturated heterocycles. The molecule has 1 aliphatic carbocycles. The monoisotopic (exact) mass is 492 g/mol. The van der Waals surface area contributed by atoms with E-state index in [-0.39, 0.29) is 30.1 Å². The highest BCUT2D eigenvalue weighted by Crippen LogP contribution is 2.26. The molecule has 0 bridgehead atoms. The molecule has 1 amide bonds. The van der Waals surface area contributed by atoms with Crippen LogP contribution in [-0.4, -0.2) is 26.6 Å². The maximum absolute atomic E-state index is 14.1. The Morgan fingerprint density at radius 1 is 1.17 bits per heavy atom. The molecule has 0 radical (unpaired) electrons. The van der Waals surface area contributed by atoms with E-state index in [4.69, 9.17) is 11.6 Å². The Kier molecular flexibility index (Phi) is 6.68. The molecule has 8 heteroatoms. The van der Waals surface area contributed by atoms with Gasteiger partial charge in [0, 0.05) is 17.0 Å². The molecule has 35 heavy (non-hydrogen) atoms. The molecule has 2 aromatic heterocycles. The summed E-state index contributed by atoms with van der Waals surface area (Å²) < 4.78 is 17.2. The second-order valence-electron chi connectivity index (χ2n) is 8.92. The highest BCUT2D eigenvalue weighted by Gasteiger charge is 2.19. The van der Waals surface area contributed by atoms with Gasteiger partial charge in [0.05, 0.1) is 18.4 Å². The van der Waals surface area contributed by atoms with Crippen LogP contribution in [-0.2, 0) is 17.9 Å². The van der Waals surface area contributed by atoms with Gasteiger partial charge in [-0.05, 0) is 61.9 Å². The fourth-order valence-corrected chi connectivity index (χ4v) is 4.95. The second-order valence-corrected chi connectivity index (χ2v) is 9.33. The average molecular weight is 493 g/mol. The smallest absolute Gasteiger partial charge is 0.278 e. The quantitative estimate of drug-likeness (QED) is 0.360. The van der Waals surface area contributed by atoms with Gasteiger partial charge in [-0.15, -0.1) is 0 Å². The summed E-state index contributed by atoms with van der Waals surface area (Å²) in [6.07, 6.45) is 9.16. The number of hydrogen-bond donors (Lipinski definition) is 1. The summed E-state index contributed by atoms with van der Waals surface area (Å²) in [5, 5.41) is 4.02. The van der Waals surface area contributed by atoms with Crippen molar-refractivity contribution in [2.24, 2.45) is 0 Å². The molecule has 180 valence electrons. The Labute approximate surface area is 207 Å². The van der Waals surface area contributed by atoms with Crippen LogP contribution in [0.15, 0.2) is 65.2 Å². The first-order valence-electron chi connectivity index (χ1n) is 11.9. The molecular formula is C27H26ClFN4O2. The summed E-state index contributed by atoms with van der Waals surface area (Å²) in [7, 11) is 0. The maximum atomic E-state index is 14.1. The lowest BCUT2D eigenvalue weighted by Gasteiger charge is -2.13. The number of hydrogen-bond acceptors (Lipinski definition) is 3. The predicted molar refractivity (Wildman–Crippen MR) is 136 cm³/mol. The van der Waals surface area contributed by atoms with Gasteiger partial charge in [-0.1, -0.05) is 41.4 Å². The minimum atomic E-state index is -0.427. The lowest BCUT2D eigenvalue weighted by Crippen LogP contribution is -2.30. The first-order chi connectivity index (χ1) is 17.0. The van der Waals surface area contributed by atoms with E-state index in [1.807, 2.05) is 18.2 Å². The van der Waals surface area contributed by atoms with Gasteiger partial charge < -0.3 is 9.88 Å². The van der Waals surface area contributed by atoms with Crippen molar-refractivity contribution in [3.8, 4) is 0 Å². The zero-order chi connectivity index (χ0) is 24.4. The molecule has 1 N–H and O–H groups in total. The van der Waals surface area contributed by atoms with Crippen LogP contribution in [0.1, 0.15) is 37.7 Å². The van der Waals surface area contributed by atoms with Crippen LogP contribution in [0.4, 0.5) is 4.39 Å². The number of fused-ring (bicyclic) bond motifs is 3. The Balaban J connectivity index is 1.48. The van der Waals surface area contributed by atoms with Gasteiger partial charge >= 0.3 is 0 Å². The fourth-order valence-electron chi connectivity index (χ4n) is 4.75. The van der Waals surface area contributed by atoms with Crippen molar-refractivity contribution in [3.05, 3.63) is 87.2 Å². The van der Waals surface area contributed by atoms with E-state index in [1.165, 1.54) is 41.4 Å². The average Bonchev–Trinajstić information content (AvgIpc) is 3.16. The molecule has 1 aliphatic rings. The molecule has 0 unspecified atom stereocenters. The minimum absolute atomic E-state index is 0.0578. The van der Waals surface area contributed by atoms with E-state index in [0.29, 0.717) is 28.0 Å². The zero-order valence-electron chi connectivity index (χ0n) is 19.3. The Hall–Kier alpha value is -3.45. The Bertz CT molecular complexity index is 1500. The third-order valence-corrected chi connectivity index (χ3v) is 6.91. The molecule has 0 fully saturated rings. The topological polar surface area (TPSA) is 68.9 Å². The van der Waals surface area contributed by atoms with Crippen molar-refractivity contribution in [2.45, 2.75) is 45.2 Å². The zero-order valence-corrected chi connectivity index (χ0v) is 20.0. The van der Waals surface area contributed by atoms with Crippen molar-refractivity contribution >= 4 is 39.4 Å². The molecule has 0 aliphatic heterocycles. The molecule has 0 spiro atoms. The highest BCUT2D eigenvalue weighted by molar-refractivity contribution is 6.31. The molecule has 5 rings (SSSR count). The van der Waals surface area contributed by atoms with Crippen LogP contribution < -0.4 is 10.9 Å². The van der Waals surface area contributed by atoms with Gasteiger partial charge in [-0.25, -0.2) is 9.37 Å². The van der Waals surface area contributed by atoms with E-state index in [9.17, 15) is 14.0 Å². The number of rotatable bonds is 7. The fraction of sp³-hybridized carbons (Fsp3) is 0.296. The van der Waals surface area contributed by atoms with E-state index in [1.54, 1.807) is 16.7 Å². The number of allylic oxidation sites excluding steroid dienone is 1. The normalized spacial score (nSPS) is 13.8. The molecule has 2 aromatic carbocycles. The molecule has 4 aromatic rings. The third-order valence-electron chi connectivity index (χ3n) is 6.54. The standard InChI is InChI=1S/C27H26ClFN4O2/c28-22-9-5-4-8-19(22)15-32-17-31-25-21-14-20(29)10-11-23(21)33(26(25)27(32)35)16-24(34)30-13-12-18-6-2-1-3-7-18/h4-6,8-11,14,17H,1-3,7,12-13,15-16H2,(H,30,34). The third kappa shape index (κ3) is 4.86. The lowest BCUT2D eigenvalue weighted by atomic mass is 9.97. The van der Waals surface area contributed by atoms with Crippen molar-refractivity contribution < 1.29 is 9.18 Å². The van der Waals surface area contributed by atoms with Gasteiger partial charge in [-0.3, -0.25) is 14.2 Å². The van der Waals surface area contributed by atoms with E-state index in [2.05, 4.69) is 16.4 Å². The summed E-state index contributed by atoms with van der Waals surface area (Å²) in [6.45, 7) is 0.724. The number of benzene rings is 2. The van der Waals surface area contributed by atoms with E-state index < -0.39 is 5.82 Å². The first kappa shape index (κ1) is 23.3. The van der Waals surface area contributed by atoms with Gasteiger partial charge in [0.1, 0.15) is 23.4 Å².